The van der Waals surface area contributed by atoms with E-state index in [2.05, 4.69) is 29.5 Å². The van der Waals surface area contributed by atoms with Crippen LogP contribution in [0.1, 0.15) is 110 Å². The van der Waals surface area contributed by atoms with Crippen molar-refractivity contribution < 1.29 is 87.2 Å². The van der Waals surface area contributed by atoms with Crippen molar-refractivity contribution in [3.8, 4) is 0 Å². The molecule has 0 amide bonds. The second kappa shape index (κ2) is 29.4. The fourth-order valence-corrected chi connectivity index (χ4v) is 9.07. The number of piperidine rings is 3. The summed E-state index contributed by atoms with van der Waals surface area (Å²) in [5.41, 5.74) is -0.817. The van der Waals surface area contributed by atoms with Crippen molar-refractivity contribution in [2.75, 3.05) is 120 Å². The van der Waals surface area contributed by atoms with E-state index in [0.29, 0.717) is 45.7 Å². The van der Waals surface area contributed by atoms with E-state index in [9.17, 15) is 45.0 Å². The van der Waals surface area contributed by atoms with E-state index in [-0.39, 0.29) is 112 Å². The monoisotopic (exact) mass is 945 g/mol. The molecular formula is C45H80N6O15. The lowest BCUT2D eigenvalue weighted by atomic mass is 9.88. The summed E-state index contributed by atoms with van der Waals surface area (Å²) < 4.78 is 32.7. The number of esters is 3. The smallest absolute Gasteiger partial charge is 0.305 e. The maximum absolute atomic E-state index is 12.8. The van der Waals surface area contributed by atoms with Gasteiger partial charge in [0.1, 0.15) is 77.2 Å². The van der Waals surface area contributed by atoms with Gasteiger partial charge in [-0.2, -0.15) is 13.8 Å². The number of carbonyl (C=O) groups excluding carboxylic acids is 3. The van der Waals surface area contributed by atoms with Gasteiger partial charge in [0.25, 0.3) is 0 Å². The lowest BCUT2D eigenvalue weighted by molar-refractivity contribution is -0.942. The Bertz CT molecular complexity index is 1370. The maximum Gasteiger partial charge on any atom is 0.305 e. The van der Waals surface area contributed by atoms with E-state index in [1.54, 1.807) is 0 Å². The van der Waals surface area contributed by atoms with Crippen LogP contribution in [0.3, 0.4) is 0 Å². The highest BCUT2D eigenvalue weighted by Gasteiger charge is 2.38. The number of rotatable bonds is 31. The van der Waals surface area contributed by atoms with Crippen LogP contribution in [0.4, 0.5) is 0 Å². The van der Waals surface area contributed by atoms with Gasteiger partial charge >= 0.3 is 17.9 Å². The molecule has 21 nitrogen and oxygen atoms in total. The zero-order chi connectivity index (χ0) is 48.5. The summed E-state index contributed by atoms with van der Waals surface area (Å²) >= 11 is 0. The predicted molar refractivity (Wildman–Crippen MR) is 235 cm³/mol. The van der Waals surface area contributed by atoms with Gasteiger partial charge in [-0.1, -0.05) is 6.92 Å². The molecule has 0 aromatic rings. The topological polar surface area (TPSA) is 274 Å². The third-order valence-electron chi connectivity index (χ3n) is 12.8. The van der Waals surface area contributed by atoms with Crippen molar-refractivity contribution in [3.63, 3.8) is 0 Å². The fourth-order valence-electron chi connectivity index (χ4n) is 9.07. The van der Waals surface area contributed by atoms with Crippen molar-refractivity contribution >= 4 is 35.6 Å². The first-order chi connectivity index (χ1) is 31.5. The number of ether oxygens (including phenoxy) is 6. The number of carbonyl (C=O) groups is 3. The summed E-state index contributed by atoms with van der Waals surface area (Å²) in [6, 6.07) is 0. The van der Waals surface area contributed by atoms with Crippen LogP contribution in [0.25, 0.3) is 0 Å². The standard InChI is InChI=1S/C45H80N6O15/c1-5-45(33-64-30-36(52)27-49(21-9-6-10-22-49)46-39(55)15-18-42(58)61-2,34-65-31-37(53)28-50(23-11-7-12-24-50)47-40(56)16-19-43(59)62-3)35-66-32-38(54)29-51(25-13-8-14-26-51)48-41(57)17-20-44(60)63-4/h36-38,52-54H,5-35H2,1-4H3. The summed E-state index contributed by atoms with van der Waals surface area (Å²) in [5, 5.41) is 85.8. The van der Waals surface area contributed by atoms with Crippen LogP contribution in [0.15, 0.2) is 15.3 Å². The van der Waals surface area contributed by atoms with Gasteiger partial charge in [-0.3, -0.25) is 14.4 Å². The van der Waals surface area contributed by atoms with Crippen molar-refractivity contribution in [3.05, 3.63) is 0 Å². The van der Waals surface area contributed by atoms with E-state index in [1.165, 1.54) is 21.3 Å². The minimum Gasteiger partial charge on any atom is -0.858 e. The van der Waals surface area contributed by atoms with Crippen molar-refractivity contribution in [1.82, 2.24) is 0 Å². The summed E-state index contributed by atoms with van der Waals surface area (Å²) in [5.74, 6) is -2.80. The van der Waals surface area contributed by atoms with E-state index >= 15 is 0 Å². The third kappa shape index (κ3) is 20.8. The molecule has 0 aromatic heterocycles. The summed E-state index contributed by atoms with van der Waals surface area (Å²) in [6.45, 7) is 5.68. The Labute approximate surface area is 390 Å². The molecule has 3 fully saturated rings. The molecular weight excluding hydrogens is 865 g/mol. The molecule has 3 unspecified atom stereocenters. The van der Waals surface area contributed by atoms with Gasteiger partial charge in [0.05, 0.1) is 80.2 Å². The first-order valence-corrected chi connectivity index (χ1v) is 23.9. The second-order valence-corrected chi connectivity index (χ2v) is 18.4. The maximum atomic E-state index is 12.8. The van der Waals surface area contributed by atoms with Crippen LogP contribution in [0.2, 0.25) is 0 Å². The van der Waals surface area contributed by atoms with Crippen LogP contribution in [0.5, 0.6) is 0 Å². The van der Waals surface area contributed by atoms with Crippen LogP contribution in [-0.4, -0.2) is 203 Å². The Morgan fingerprint density at radius 3 is 0.970 bits per heavy atom. The molecule has 3 heterocycles. The Morgan fingerprint density at radius 1 is 0.485 bits per heavy atom. The number of aliphatic hydroxyl groups is 3. The summed E-state index contributed by atoms with van der Waals surface area (Å²) in [7, 11) is 3.79. The first-order valence-electron chi connectivity index (χ1n) is 23.9. The first kappa shape index (κ1) is 56.8. The van der Waals surface area contributed by atoms with Gasteiger partial charge in [-0.25, -0.2) is 0 Å². The fraction of sp³-hybridized carbons (Fsp3) is 0.867. The molecule has 380 valence electrons. The number of hydrogen-bond acceptors (Lipinski definition) is 18. The van der Waals surface area contributed by atoms with E-state index in [1.807, 2.05) is 6.92 Å². The number of nitrogens with zero attached hydrogens (tertiary/aromatic N) is 6. The predicted octanol–water partition coefficient (Wildman–Crippen LogP) is -0.602. The van der Waals surface area contributed by atoms with Gasteiger partial charge in [0.2, 0.25) is 0 Å². The zero-order valence-corrected chi connectivity index (χ0v) is 40.1. The molecule has 0 bridgehead atoms. The van der Waals surface area contributed by atoms with Gasteiger partial charge in [-0.15, -0.1) is 15.3 Å². The number of quaternary nitrogens is 3. The number of likely N-dealkylation sites (tertiary alicyclic amines) is 3. The third-order valence-corrected chi connectivity index (χ3v) is 12.8. The lowest BCUT2D eigenvalue weighted by Gasteiger charge is -2.39. The second-order valence-electron chi connectivity index (χ2n) is 18.4. The molecule has 3 rings (SSSR count). The highest BCUT2D eigenvalue weighted by atomic mass is 16.5. The van der Waals surface area contributed by atoms with Gasteiger partial charge in [0, 0.05) is 23.1 Å². The van der Waals surface area contributed by atoms with E-state index in [0.717, 1.165) is 57.8 Å². The molecule has 3 atom stereocenters. The normalized spacial score (nSPS) is 21.2. The Kier molecular flexibility index (Phi) is 25.3. The molecule has 0 spiro atoms. The molecule has 3 N–H and O–H groups in total. The Hall–Kier alpha value is -3.54. The average molecular weight is 945 g/mol. The van der Waals surface area contributed by atoms with Gasteiger partial charge < -0.3 is 59.1 Å². The van der Waals surface area contributed by atoms with Crippen molar-refractivity contribution in [1.29, 1.82) is 0 Å². The molecule has 21 heteroatoms. The molecule has 0 aromatic carbocycles. The highest BCUT2D eigenvalue weighted by Crippen LogP contribution is 2.28. The number of methoxy groups -OCH3 is 3. The minimum atomic E-state index is -0.993. The lowest BCUT2D eigenvalue weighted by Crippen LogP contribution is -2.53. The molecule has 66 heavy (non-hydrogen) atoms. The Balaban J connectivity index is 1.73. The van der Waals surface area contributed by atoms with E-state index in [4.69, 9.17) is 14.2 Å². The zero-order valence-electron chi connectivity index (χ0n) is 40.1. The number of hydrogen-bond donors (Lipinski definition) is 3. The van der Waals surface area contributed by atoms with Crippen LogP contribution in [0, 0.1) is 5.41 Å². The van der Waals surface area contributed by atoms with Gasteiger partial charge in [0.15, 0.2) is 0 Å². The molecule has 0 radical (unpaired) electrons. The molecule has 0 aliphatic carbocycles. The average Bonchev–Trinajstić information content (AvgIpc) is 3.29. The SMILES string of the molecule is CCC(COCC(O)C[N+]1(/N=C(\[O-])CCC(=O)OC)CCCCC1)(COCC(O)C[N+]1(/N=C(\[O-])CCC(=O)OC)CCCCC1)COCC(O)C[N+]1(/N=C(\[O-])CCC(=O)OC)CCCCC1. The minimum absolute atomic E-state index is 0.0395. The highest BCUT2D eigenvalue weighted by molar-refractivity contribution is 5.79. The van der Waals surface area contributed by atoms with Crippen LogP contribution < -0.4 is 15.3 Å². The summed E-state index contributed by atoms with van der Waals surface area (Å²) in [6.07, 6.45) is 4.89. The molecule has 3 saturated heterocycles. The quantitative estimate of drug-likeness (QED) is 0.0257. The molecule has 0 saturated carbocycles. The molecule has 3 aliphatic rings. The summed E-state index contributed by atoms with van der Waals surface area (Å²) in [4.78, 5) is 35.0. The van der Waals surface area contributed by atoms with Crippen LogP contribution >= 0.6 is 0 Å². The van der Waals surface area contributed by atoms with Gasteiger partial charge in [-0.05, 0) is 83.5 Å². The van der Waals surface area contributed by atoms with E-state index < -0.39 is 59.3 Å². The van der Waals surface area contributed by atoms with Crippen LogP contribution in [-0.2, 0) is 42.8 Å². The van der Waals surface area contributed by atoms with Crippen molar-refractivity contribution in [2.45, 2.75) is 128 Å². The molecule has 3 aliphatic heterocycles. The number of aliphatic hydroxyl groups excluding tert-OH is 3. The largest absolute Gasteiger partial charge is 0.858 e. The van der Waals surface area contributed by atoms with Crippen molar-refractivity contribution in [2.24, 2.45) is 20.7 Å². The Morgan fingerprint density at radius 2 is 0.742 bits per heavy atom.